The zero-order valence-corrected chi connectivity index (χ0v) is 14.6. The molecule has 7 heteroatoms. The fourth-order valence-electron chi connectivity index (χ4n) is 2.61. The molecule has 1 aliphatic rings. The first kappa shape index (κ1) is 17.2. The van der Waals surface area contributed by atoms with E-state index in [1.165, 1.54) is 0 Å². The van der Waals surface area contributed by atoms with Crippen molar-refractivity contribution in [3.05, 3.63) is 42.2 Å². The number of nitrogens with one attached hydrogen (secondary N) is 1. The second-order valence-electron chi connectivity index (χ2n) is 5.97. The minimum atomic E-state index is -0.228. The van der Waals surface area contributed by atoms with Gasteiger partial charge in [-0.1, -0.05) is 0 Å². The first-order valence-corrected chi connectivity index (χ1v) is 8.45. The lowest BCUT2D eigenvalue weighted by Crippen LogP contribution is -2.45. The van der Waals surface area contributed by atoms with Gasteiger partial charge in [0.2, 0.25) is 5.95 Å². The molecular formula is C18H23N5O2. The first-order chi connectivity index (χ1) is 12.2. The molecule has 25 heavy (non-hydrogen) atoms. The number of aromatic nitrogens is 2. The predicted molar refractivity (Wildman–Crippen MR) is 97.3 cm³/mol. The molecule has 0 radical (unpaired) electrons. The van der Waals surface area contributed by atoms with Gasteiger partial charge in [-0.3, -0.25) is 4.79 Å². The van der Waals surface area contributed by atoms with E-state index in [2.05, 4.69) is 32.1 Å². The van der Waals surface area contributed by atoms with Gasteiger partial charge in [-0.05, 0) is 38.2 Å². The van der Waals surface area contributed by atoms with Gasteiger partial charge >= 0.3 is 0 Å². The van der Waals surface area contributed by atoms with E-state index in [-0.39, 0.29) is 5.91 Å². The van der Waals surface area contributed by atoms with E-state index in [4.69, 9.17) is 4.74 Å². The highest BCUT2D eigenvalue weighted by Gasteiger charge is 2.17. The van der Waals surface area contributed by atoms with Crippen molar-refractivity contribution in [2.24, 2.45) is 0 Å². The number of likely N-dealkylation sites (N-methyl/N-ethyl adjacent to an activating group) is 1. The van der Waals surface area contributed by atoms with Gasteiger partial charge in [0.1, 0.15) is 5.75 Å². The number of nitrogens with zero attached hydrogens (tertiary/aromatic N) is 4. The molecule has 3 rings (SSSR count). The topological polar surface area (TPSA) is 70.6 Å². The van der Waals surface area contributed by atoms with E-state index in [0.717, 1.165) is 31.9 Å². The van der Waals surface area contributed by atoms with Crippen molar-refractivity contribution in [2.45, 2.75) is 6.92 Å². The van der Waals surface area contributed by atoms with E-state index in [9.17, 15) is 4.79 Å². The molecular weight excluding hydrogens is 318 g/mol. The third kappa shape index (κ3) is 4.45. The molecule has 132 valence electrons. The normalized spacial score (nSPS) is 15.0. The van der Waals surface area contributed by atoms with Crippen LogP contribution in [0.4, 0.5) is 11.6 Å². The quantitative estimate of drug-likeness (QED) is 0.895. The lowest BCUT2D eigenvalue weighted by molar-refractivity contribution is 0.102. The molecule has 0 atom stereocenters. The van der Waals surface area contributed by atoms with Gasteiger partial charge in [-0.15, -0.1) is 0 Å². The van der Waals surface area contributed by atoms with Crippen LogP contribution in [0.25, 0.3) is 0 Å². The minimum Gasteiger partial charge on any atom is -0.494 e. The number of hydrogen-bond donors (Lipinski definition) is 1. The fourth-order valence-corrected chi connectivity index (χ4v) is 2.61. The molecule has 1 amide bonds. The van der Waals surface area contributed by atoms with E-state index in [0.29, 0.717) is 23.8 Å². The summed E-state index contributed by atoms with van der Waals surface area (Å²) in [5.41, 5.74) is 1.14. The Balaban J connectivity index is 1.60. The number of rotatable bonds is 5. The van der Waals surface area contributed by atoms with Crippen molar-refractivity contribution >= 4 is 17.5 Å². The summed E-state index contributed by atoms with van der Waals surface area (Å²) in [5, 5.41) is 2.84. The Bertz CT molecular complexity index is 694. The number of amides is 1. The van der Waals surface area contributed by atoms with Crippen LogP contribution in [-0.2, 0) is 0 Å². The Labute approximate surface area is 147 Å². The Morgan fingerprint density at radius 1 is 1.12 bits per heavy atom. The summed E-state index contributed by atoms with van der Waals surface area (Å²) in [6.07, 6.45) is 3.15. The predicted octanol–water partition coefficient (Wildman–Crippen LogP) is 1.88. The van der Waals surface area contributed by atoms with Crippen LogP contribution in [0.5, 0.6) is 5.75 Å². The first-order valence-electron chi connectivity index (χ1n) is 8.45. The van der Waals surface area contributed by atoms with Crippen LogP contribution in [0.3, 0.4) is 0 Å². The molecule has 1 aromatic carbocycles. The number of carbonyl (C=O) groups is 1. The lowest BCUT2D eigenvalue weighted by Gasteiger charge is -2.32. The summed E-state index contributed by atoms with van der Waals surface area (Å²) < 4.78 is 5.39. The number of ether oxygens (including phenoxy) is 1. The summed E-state index contributed by atoms with van der Waals surface area (Å²) in [7, 11) is 2.10. The second kappa shape index (κ2) is 7.94. The van der Waals surface area contributed by atoms with Crippen LogP contribution in [0.1, 0.15) is 17.3 Å². The molecule has 0 spiro atoms. The van der Waals surface area contributed by atoms with Gasteiger partial charge in [0.25, 0.3) is 5.91 Å². The molecule has 0 bridgehead atoms. The maximum absolute atomic E-state index is 12.3. The van der Waals surface area contributed by atoms with Crippen LogP contribution in [-0.4, -0.2) is 60.6 Å². The summed E-state index contributed by atoms with van der Waals surface area (Å²) in [4.78, 5) is 25.4. The maximum Gasteiger partial charge on any atom is 0.258 e. The largest absolute Gasteiger partial charge is 0.494 e. The number of benzene rings is 1. The zero-order valence-electron chi connectivity index (χ0n) is 14.6. The standard InChI is InChI=1S/C18H23N5O2/c1-3-25-16-6-4-15(5-7-16)21-17(24)14-12-19-18(20-13-14)23-10-8-22(2)9-11-23/h4-7,12-13H,3,8-11H2,1-2H3,(H,21,24). The van der Waals surface area contributed by atoms with Crippen molar-refractivity contribution < 1.29 is 9.53 Å². The van der Waals surface area contributed by atoms with E-state index < -0.39 is 0 Å². The molecule has 0 aliphatic carbocycles. The SMILES string of the molecule is CCOc1ccc(NC(=O)c2cnc(N3CCN(C)CC3)nc2)cc1. The number of carbonyl (C=O) groups excluding carboxylic acids is 1. The Hall–Kier alpha value is -2.67. The molecule has 1 saturated heterocycles. The van der Waals surface area contributed by atoms with Gasteiger partial charge in [0.15, 0.2) is 0 Å². The van der Waals surface area contributed by atoms with Crippen molar-refractivity contribution in [1.29, 1.82) is 0 Å². The van der Waals surface area contributed by atoms with Gasteiger partial charge in [-0.2, -0.15) is 0 Å². The number of hydrogen-bond acceptors (Lipinski definition) is 6. The highest BCUT2D eigenvalue weighted by atomic mass is 16.5. The van der Waals surface area contributed by atoms with Crippen molar-refractivity contribution in [3.8, 4) is 5.75 Å². The Morgan fingerprint density at radius 2 is 1.76 bits per heavy atom. The van der Waals surface area contributed by atoms with Crippen LogP contribution < -0.4 is 15.0 Å². The van der Waals surface area contributed by atoms with Crippen molar-refractivity contribution in [1.82, 2.24) is 14.9 Å². The summed E-state index contributed by atoms with van der Waals surface area (Å²) >= 11 is 0. The molecule has 1 N–H and O–H groups in total. The molecule has 1 aliphatic heterocycles. The van der Waals surface area contributed by atoms with Gasteiger partial charge < -0.3 is 19.9 Å². The second-order valence-corrected chi connectivity index (χ2v) is 5.97. The smallest absolute Gasteiger partial charge is 0.258 e. The van der Waals surface area contributed by atoms with E-state index in [1.807, 2.05) is 31.2 Å². The maximum atomic E-state index is 12.3. The Kier molecular flexibility index (Phi) is 5.45. The lowest BCUT2D eigenvalue weighted by atomic mass is 10.2. The van der Waals surface area contributed by atoms with Gasteiger partial charge in [0.05, 0.1) is 12.2 Å². The monoisotopic (exact) mass is 341 g/mol. The third-order valence-electron chi connectivity index (χ3n) is 4.11. The van der Waals surface area contributed by atoms with Gasteiger partial charge in [0, 0.05) is 44.3 Å². The Morgan fingerprint density at radius 3 is 2.36 bits per heavy atom. The average molecular weight is 341 g/mol. The molecule has 2 heterocycles. The highest BCUT2D eigenvalue weighted by molar-refractivity contribution is 6.03. The number of anilines is 2. The molecule has 1 fully saturated rings. The zero-order chi connectivity index (χ0) is 17.6. The van der Waals surface area contributed by atoms with E-state index >= 15 is 0 Å². The summed E-state index contributed by atoms with van der Waals surface area (Å²) in [6, 6.07) is 7.27. The third-order valence-corrected chi connectivity index (χ3v) is 4.11. The highest BCUT2D eigenvalue weighted by Crippen LogP contribution is 2.17. The van der Waals surface area contributed by atoms with Crippen molar-refractivity contribution in [2.75, 3.05) is 50.1 Å². The molecule has 2 aromatic rings. The fraction of sp³-hybridized carbons (Fsp3) is 0.389. The van der Waals surface area contributed by atoms with Crippen LogP contribution in [0.2, 0.25) is 0 Å². The summed E-state index contributed by atoms with van der Waals surface area (Å²) in [6.45, 7) is 6.32. The van der Waals surface area contributed by atoms with Crippen LogP contribution in [0, 0.1) is 0 Å². The van der Waals surface area contributed by atoms with Crippen molar-refractivity contribution in [3.63, 3.8) is 0 Å². The average Bonchev–Trinajstić information content (AvgIpc) is 2.64. The molecule has 0 saturated carbocycles. The van der Waals surface area contributed by atoms with Gasteiger partial charge in [-0.25, -0.2) is 9.97 Å². The molecule has 0 unspecified atom stereocenters. The molecule has 1 aromatic heterocycles. The van der Waals surface area contributed by atoms with E-state index in [1.54, 1.807) is 12.4 Å². The minimum absolute atomic E-state index is 0.228. The van der Waals surface area contributed by atoms with Crippen LogP contribution in [0.15, 0.2) is 36.7 Å². The molecule has 7 nitrogen and oxygen atoms in total. The summed E-state index contributed by atoms with van der Waals surface area (Å²) in [5.74, 6) is 1.22. The van der Waals surface area contributed by atoms with Crippen LogP contribution >= 0.6 is 0 Å². The number of piperazine rings is 1.